The zero-order valence-corrected chi connectivity index (χ0v) is 12.8. The predicted molar refractivity (Wildman–Crippen MR) is 73.7 cm³/mol. The molecule has 1 amide bonds. The summed E-state index contributed by atoms with van der Waals surface area (Å²) in [5, 5.41) is 13.6. The molecule has 3 rings (SSSR count). The summed E-state index contributed by atoms with van der Waals surface area (Å²) in [6.45, 7) is -0.807. The number of rotatable bonds is 4. The van der Waals surface area contributed by atoms with Crippen LogP contribution in [0.4, 0.5) is 18.9 Å². The number of carbonyl (C=O) groups is 1. The smallest absolute Gasteiger partial charge is 0.308 e. The Balaban J connectivity index is 1.70. The summed E-state index contributed by atoms with van der Waals surface area (Å²) < 4.78 is 39.6. The fraction of sp³-hybridized carbons (Fsp3) is 0.545. The lowest BCUT2D eigenvalue weighted by Crippen LogP contribution is -2.28. The van der Waals surface area contributed by atoms with Crippen molar-refractivity contribution >= 4 is 23.4 Å². The molecule has 0 aliphatic carbocycles. The van der Waals surface area contributed by atoms with E-state index in [0.717, 1.165) is 11.8 Å². The van der Waals surface area contributed by atoms with Crippen LogP contribution in [0.5, 0.6) is 0 Å². The van der Waals surface area contributed by atoms with Gasteiger partial charge < -0.3 is 4.90 Å². The number of anilines is 1. The van der Waals surface area contributed by atoms with Gasteiger partial charge in [0, 0.05) is 19.8 Å². The second-order valence-electron chi connectivity index (χ2n) is 4.99. The number of hydrogen-bond acceptors (Lipinski definition) is 6. The van der Waals surface area contributed by atoms with Crippen molar-refractivity contribution in [3.63, 3.8) is 0 Å². The number of nitrogens with zero attached hydrogens (tertiary/aromatic N) is 7. The first-order valence-electron chi connectivity index (χ1n) is 6.63. The molecule has 0 spiro atoms. The van der Waals surface area contributed by atoms with Crippen molar-refractivity contribution in [2.75, 3.05) is 11.4 Å². The molecule has 1 atom stereocenters. The molecule has 124 valence electrons. The molecule has 1 aliphatic rings. The topological polar surface area (TPSA) is 81.7 Å². The van der Waals surface area contributed by atoms with E-state index in [4.69, 9.17) is 0 Å². The van der Waals surface area contributed by atoms with E-state index < -0.39 is 18.0 Å². The average molecular weight is 347 g/mol. The SMILES string of the molecule is Cn1cc(N2CCC(Sc3nnnn3CC(F)(F)F)C2=O)cn1. The molecule has 0 aromatic carbocycles. The van der Waals surface area contributed by atoms with Crippen molar-refractivity contribution in [3.8, 4) is 0 Å². The lowest BCUT2D eigenvalue weighted by Gasteiger charge is -2.14. The van der Waals surface area contributed by atoms with Crippen LogP contribution < -0.4 is 4.90 Å². The Labute approximate surface area is 132 Å². The lowest BCUT2D eigenvalue weighted by molar-refractivity contribution is -0.144. The molecule has 1 fully saturated rings. The first kappa shape index (κ1) is 15.8. The maximum atomic E-state index is 12.5. The van der Waals surface area contributed by atoms with Crippen molar-refractivity contribution in [2.24, 2.45) is 7.05 Å². The molecule has 1 unspecified atom stereocenters. The maximum Gasteiger partial charge on any atom is 0.408 e. The van der Waals surface area contributed by atoms with Crippen LogP contribution in [0.3, 0.4) is 0 Å². The monoisotopic (exact) mass is 347 g/mol. The molecule has 12 heteroatoms. The molecule has 0 radical (unpaired) electrons. The van der Waals surface area contributed by atoms with Crippen molar-refractivity contribution in [2.45, 2.75) is 29.5 Å². The number of halogens is 3. The van der Waals surface area contributed by atoms with Gasteiger partial charge in [0.25, 0.3) is 0 Å². The van der Waals surface area contributed by atoms with Crippen molar-refractivity contribution < 1.29 is 18.0 Å². The van der Waals surface area contributed by atoms with Crippen LogP contribution in [0.25, 0.3) is 0 Å². The van der Waals surface area contributed by atoms with Gasteiger partial charge in [0.1, 0.15) is 6.54 Å². The van der Waals surface area contributed by atoms with Gasteiger partial charge in [-0.3, -0.25) is 9.48 Å². The van der Waals surface area contributed by atoms with E-state index in [0.29, 0.717) is 23.3 Å². The van der Waals surface area contributed by atoms with Gasteiger partial charge in [0.05, 0.1) is 17.1 Å². The number of aromatic nitrogens is 6. The summed E-state index contributed by atoms with van der Waals surface area (Å²) in [5.41, 5.74) is 0.662. The summed E-state index contributed by atoms with van der Waals surface area (Å²) in [5.74, 6) is -0.190. The van der Waals surface area contributed by atoms with E-state index >= 15 is 0 Å². The molecule has 2 aromatic heterocycles. The van der Waals surface area contributed by atoms with Crippen LogP contribution in [0.1, 0.15) is 6.42 Å². The summed E-state index contributed by atoms with van der Waals surface area (Å²) in [6.07, 6.45) is -0.652. The molecular formula is C11H12F3N7OS. The van der Waals surface area contributed by atoms with Crippen LogP contribution >= 0.6 is 11.8 Å². The fourth-order valence-electron chi connectivity index (χ4n) is 2.24. The predicted octanol–water partition coefficient (Wildman–Crippen LogP) is 0.866. The molecule has 23 heavy (non-hydrogen) atoms. The van der Waals surface area contributed by atoms with Crippen molar-refractivity contribution in [3.05, 3.63) is 12.4 Å². The van der Waals surface area contributed by atoms with Gasteiger partial charge in [-0.05, 0) is 16.8 Å². The molecule has 1 saturated heterocycles. The largest absolute Gasteiger partial charge is 0.408 e. The summed E-state index contributed by atoms with van der Waals surface area (Å²) in [7, 11) is 1.74. The van der Waals surface area contributed by atoms with E-state index in [2.05, 4.69) is 20.6 Å². The Morgan fingerprint density at radius 1 is 1.43 bits per heavy atom. The minimum atomic E-state index is -4.42. The first-order chi connectivity index (χ1) is 10.8. The van der Waals surface area contributed by atoms with Gasteiger partial charge >= 0.3 is 6.18 Å². The van der Waals surface area contributed by atoms with Crippen LogP contribution in [0.2, 0.25) is 0 Å². The molecular weight excluding hydrogens is 335 g/mol. The zero-order chi connectivity index (χ0) is 16.6. The van der Waals surface area contributed by atoms with E-state index in [1.807, 2.05) is 0 Å². The van der Waals surface area contributed by atoms with E-state index in [9.17, 15) is 18.0 Å². The number of alkyl halides is 3. The fourth-order valence-corrected chi connectivity index (χ4v) is 3.26. The zero-order valence-electron chi connectivity index (χ0n) is 11.9. The van der Waals surface area contributed by atoms with Gasteiger partial charge in [-0.1, -0.05) is 11.8 Å². The van der Waals surface area contributed by atoms with Gasteiger partial charge in [0.15, 0.2) is 0 Å². The summed E-state index contributed by atoms with van der Waals surface area (Å²) in [6, 6.07) is 0. The molecule has 8 nitrogen and oxygen atoms in total. The second kappa shape index (κ2) is 5.83. The van der Waals surface area contributed by atoms with Crippen LogP contribution in [0.15, 0.2) is 17.6 Å². The average Bonchev–Trinajstić information content (AvgIpc) is 3.13. The first-order valence-corrected chi connectivity index (χ1v) is 7.51. The normalized spacial score (nSPS) is 18.9. The Kier molecular flexibility index (Phi) is 4.00. The molecule has 2 aromatic rings. The number of hydrogen-bond donors (Lipinski definition) is 0. The van der Waals surface area contributed by atoms with Gasteiger partial charge in [0.2, 0.25) is 11.1 Å². The van der Waals surface area contributed by atoms with Gasteiger partial charge in [-0.2, -0.15) is 18.3 Å². The molecule has 1 aliphatic heterocycles. The minimum absolute atomic E-state index is 0.0197. The highest BCUT2D eigenvalue weighted by atomic mass is 32.2. The van der Waals surface area contributed by atoms with Crippen molar-refractivity contribution in [1.82, 2.24) is 30.0 Å². The van der Waals surface area contributed by atoms with Gasteiger partial charge in [-0.15, -0.1) is 5.10 Å². The number of carbonyl (C=O) groups excluding carboxylic acids is 1. The lowest BCUT2D eigenvalue weighted by atomic mass is 10.4. The molecule has 0 bridgehead atoms. The summed E-state index contributed by atoms with van der Waals surface area (Å²) in [4.78, 5) is 14.0. The highest BCUT2D eigenvalue weighted by molar-refractivity contribution is 8.00. The van der Waals surface area contributed by atoms with Crippen LogP contribution in [-0.2, 0) is 18.4 Å². The summed E-state index contributed by atoms with van der Waals surface area (Å²) >= 11 is 0.947. The van der Waals surface area contributed by atoms with Crippen LogP contribution in [-0.4, -0.2) is 53.9 Å². The Bertz CT molecular complexity index is 713. The number of tetrazole rings is 1. The van der Waals surface area contributed by atoms with Crippen molar-refractivity contribution in [1.29, 1.82) is 0 Å². The highest BCUT2D eigenvalue weighted by Crippen LogP contribution is 2.32. The number of aryl methyl sites for hydroxylation is 1. The minimum Gasteiger partial charge on any atom is -0.308 e. The quantitative estimate of drug-likeness (QED) is 0.816. The van der Waals surface area contributed by atoms with Crippen LogP contribution in [0, 0.1) is 0 Å². The Morgan fingerprint density at radius 2 is 2.22 bits per heavy atom. The molecule has 3 heterocycles. The third-order valence-corrected chi connectivity index (χ3v) is 4.46. The standard InChI is InChI=1S/C11H12F3N7OS/c1-19-5-7(4-15-19)20-3-2-8(9(20)22)23-10-16-17-18-21(10)6-11(12,13)14/h4-5,8H,2-3,6H2,1H3. The number of thioether (sulfide) groups is 1. The molecule has 0 saturated carbocycles. The van der Waals surface area contributed by atoms with Gasteiger partial charge in [-0.25, -0.2) is 4.68 Å². The van der Waals surface area contributed by atoms with E-state index in [1.165, 1.54) is 0 Å². The van der Waals surface area contributed by atoms with E-state index in [-0.39, 0.29) is 11.1 Å². The maximum absolute atomic E-state index is 12.5. The Hall–Kier alpha value is -2.11. The highest BCUT2D eigenvalue weighted by Gasteiger charge is 2.36. The second-order valence-corrected chi connectivity index (χ2v) is 6.16. The third-order valence-electron chi connectivity index (χ3n) is 3.24. The Morgan fingerprint density at radius 3 is 2.87 bits per heavy atom. The number of amides is 1. The molecule has 0 N–H and O–H groups in total. The third kappa shape index (κ3) is 3.46. The van der Waals surface area contributed by atoms with E-state index in [1.54, 1.807) is 29.0 Å².